The van der Waals surface area contributed by atoms with Crippen LogP contribution in [0, 0.1) is 0 Å². The number of benzene rings is 2. The van der Waals surface area contributed by atoms with Crippen LogP contribution in [0.5, 0.6) is 0 Å². The van der Waals surface area contributed by atoms with Crippen LogP contribution in [0.25, 0.3) is 27.7 Å². The Labute approximate surface area is 170 Å². The number of aryl methyl sites for hydroxylation is 2. The van der Waals surface area contributed by atoms with Crippen molar-refractivity contribution in [2.45, 2.75) is 45.4 Å². The summed E-state index contributed by atoms with van der Waals surface area (Å²) in [4.78, 5) is 15.4. The molecular weight excluding hydrogens is 358 g/mol. The van der Waals surface area contributed by atoms with Crippen molar-refractivity contribution in [2.24, 2.45) is 0 Å². The molecular formula is C26H25NO2. The van der Waals surface area contributed by atoms with Gasteiger partial charge in [0.25, 0.3) is 0 Å². The lowest BCUT2D eigenvalue weighted by molar-refractivity contribution is 0.552. The number of hydrogen-bond acceptors (Lipinski definition) is 3. The monoisotopic (exact) mass is 383 g/mol. The van der Waals surface area contributed by atoms with E-state index in [1.54, 1.807) is 5.57 Å². The van der Waals surface area contributed by atoms with Crippen LogP contribution in [-0.2, 0) is 12.8 Å². The zero-order valence-corrected chi connectivity index (χ0v) is 16.9. The smallest absolute Gasteiger partial charge is 0.344 e. The third-order valence-corrected chi connectivity index (χ3v) is 6.87. The second-order valence-electron chi connectivity index (χ2n) is 8.73. The molecule has 3 aromatic rings. The van der Waals surface area contributed by atoms with Crippen molar-refractivity contribution >= 4 is 22.2 Å². The predicted molar refractivity (Wildman–Crippen MR) is 119 cm³/mol. The van der Waals surface area contributed by atoms with E-state index in [9.17, 15) is 4.79 Å². The summed E-state index contributed by atoms with van der Waals surface area (Å²) in [6.45, 7) is 4.44. The molecule has 0 N–H and O–H groups in total. The summed E-state index contributed by atoms with van der Waals surface area (Å²) < 4.78 is 5.95. The van der Waals surface area contributed by atoms with Gasteiger partial charge in [0, 0.05) is 29.7 Å². The fraction of sp³-hybridized carbons (Fsp3) is 0.346. The number of hydrogen-bond donors (Lipinski definition) is 0. The highest BCUT2D eigenvalue weighted by molar-refractivity contribution is 5.90. The van der Waals surface area contributed by atoms with Crippen molar-refractivity contribution in [3.8, 4) is 11.1 Å². The average Bonchev–Trinajstić information content (AvgIpc) is 3.59. The van der Waals surface area contributed by atoms with E-state index >= 15 is 0 Å². The largest absolute Gasteiger partial charge is 0.422 e. The molecule has 0 radical (unpaired) electrons. The van der Waals surface area contributed by atoms with Crippen LogP contribution < -0.4 is 10.5 Å². The van der Waals surface area contributed by atoms with Crippen molar-refractivity contribution in [1.82, 2.24) is 0 Å². The van der Waals surface area contributed by atoms with Crippen molar-refractivity contribution in [1.29, 1.82) is 0 Å². The zero-order valence-electron chi connectivity index (χ0n) is 16.9. The molecule has 0 amide bonds. The van der Waals surface area contributed by atoms with Crippen LogP contribution in [0.2, 0.25) is 0 Å². The van der Waals surface area contributed by atoms with Gasteiger partial charge in [-0.2, -0.15) is 0 Å². The Morgan fingerprint density at radius 1 is 0.966 bits per heavy atom. The topological polar surface area (TPSA) is 33.5 Å². The molecule has 146 valence electrons. The van der Waals surface area contributed by atoms with Crippen molar-refractivity contribution in [2.75, 3.05) is 18.0 Å². The Morgan fingerprint density at radius 2 is 1.72 bits per heavy atom. The number of nitrogens with zero attached hydrogens (tertiary/aromatic N) is 1. The van der Waals surface area contributed by atoms with Crippen LogP contribution in [-0.4, -0.2) is 13.1 Å². The molecule has 3 nitrogen and oxygen atoms in total. The van der Waals surface area contributed by atoms with E-state index in [4.69, 9.17) is 4.42 Å². The van der Waals surface area contributed by atoms with E-state index in [0.29, 0.717) is 5.56 Å². The lowest BCUT2D eigenvalue weighted by Gasteiger charge is -2.37. The first kappa shape index (κ1) is 17.1. The first-order valence-electron chi connectivity index (χ1n) is 10.9. The van der Waals surface area contributed by atoms with E-state index in [2.05, 4.69) is 42.2 Å². The molecule has 0 saturated heterocycles. The third-order valence-electron chi connectivity index (χ3n) is 6.87. The maximum Gasteiger partial charge on any atom is 0.344 e. The molecule has 3 heteroatoms. The van der Waals surface area contributed by atoms with E-state index in [-0.39, 0.29) is 5.63 Å². The Bertz CT molecular complexity index is 1220. The van der Waals surface area contributed by atoms with Crippen LogP contribution in [0.1, 0.15) is 49.3 Å². The molecule has 2 aromatic carbocycles. The molecule has 2 aliphatic heterocycles. The highest BCUT2D eigenvalue weighted by Crippen LogP contribution is 2.40. The van der Waals surface area contributed by atoms with Gasteiger partial charge in [0.1, 0.15) is 5.58 Å². The first-order chi connectivity index (χ1) is 14.2. The predicted octanol–water partition coefficient (Wildman–Crippen LogP) is 5.73. The normalized spacial score (nSPS) is 17.4. The minimum absolute atomic E-state index is 0.230. The Kier molecular flexibility index (Phi) is 3.74. The molecule has 6 rings (SSSR count). The molecule has 29 heavy (non-hydrogen) atoms. The highest BCUT2D eigenvalue weighted by atomic mass is 16.4. The minimum Gasteiger partial charge on any atom is -0.422 e. The van der Waals surface area contributed by atoms with Gasteiger partial charge in [0.05, 0.1) is 5.56 Å². The summed E-state index contributed by atoms with van der Waals surface area (Å²) in [5, 5.41) is 1.07. The SMILES string of the molecule is CC(=C1CC1)c1ccc(-c2cc3cc4c5c(c3oc2=O)CCCN5CCC4)cc1. The summed E-state index contributed by atoms with van der Waals surface area (Å²) >= 11 is 0. The van der Waals surface area contributed by atoms with Gasteiger partial charge in [-0.25, -0.2) is 4.79 Å². The van der Waals surface area contributed by atoms with Gasteiger partial charge in [-0.15, -0.1) is 0 Å². The second kappa shape index (κ2) is 6.35. The Morgan fingerprint density at radius 3 is 2.48 bits per heavy atom. The first-order valence-corrected chi connectivity index (χ1v) is 10.9. The minimum atomic E-state index is -0.230. The highest BCUT2D eigenvalue weighted by Gasteiger charge is 2.27. The van der Waals surface area contributed by atoms with Crippen molar-refractivity contribution in [3.05, 3.63) is 69.1 Å². The van der Waals surface area contributed by atoms with Crippen LogP contribution in [0.3, 0.4) is 0 Å². The van der Waals surface area contributed by atoms with Crippen LogP contribution >= 0.6 is 0 Å². The molecule has 0 atom stereocenters. The molecule has 1 aromatic heterocycles. The number of anilines is 1. The lowest BCUT2D eigenvalue weighted by Crippen LogP contribution is -2.34. The van der Waals surface area contributed by atoms with Gasteiger partial charge in [-0.3, -0.25) is 0 Å². The van der Waals surface area contributed by atoms with E-state index in [1.807, 2.05) is 6.07 Å². The van der Waals surface area contributed by atoms with Gasteiger partial charge < -0.3 is 9.32 Å². The van der Waals surface area contributed by atoms with Gasteiger partial charge in [-0.05, 0) is 79.8 Å². The Balaban J connectivity index is 1.49. The summed E-state index contributed by atoms with van der Waals surface area (Å²) in [7, 11) is 0. The molecule has 3 aliphatic rings. The van der Waals surface area contributed by atoms with Gasteiger partial charge >= 0.3 is 5.63 Å². The average molecular weight is 383 g/mol. The maximum absolute atomic E-state index is 12.9. The van der Waals surface area contributed by atoms with E-state index < -0.39 is 0 Å². The van der Waals surface area contributed by atoms with Gasteiger partial charge in [0.15, 0.2) is 0 Å². The molecule has 1 aliphatic carbocycles. The van der Waals surface area contributed by atoms with E-state index in [1.165, 1.54) is 47.2 Å². The second-order valence-corrected chi connectivity index (χ2v) is 8.73. The maximum atomic E-state index is 12.9. The molecule has 1 saturated carbocycles. The fourth-order valence-electron chi connectivity index (χ4n) is 5.19. The summed E-state index contributed by atoms with van der Waals surface area (Å²) in [5.41, 5.74) is 10.4. The third kappa shape index (κ3) is 2.75. The molecule has 0 spiro atoms. The zero-order chi connectivity index (χ0) is 19.5. The molecule has 0 bridgehead atoms. The molecule has 1 fully saturated rings. The Hall–Kier alpha value is -2.81. The number of rotatable bonds is 2. The van der Waals surface area contributed by atoms with E-state index in [0.717, 1.165) is 48.9 Å². The summed E-state index contributed by atoms with van der Waals surface area (Å²) in [5.74, 6) is 0. The summed E-state index contributed by atoms with van der Waals surface area (Å²) in [6.07, 6.45) is 6.91. The van der Waals surface area contributed by atoms with Crippen LogP contribution in [0.15, 0.2) is 51.2 Å². The lowest BCUT2D eigenvalue weighted by atomic mass is 9.89. The molecule has 3 heterocycles. The fourth-order valence-corrected chi connectivity index (χ4v) is 5.19. The van der Waals surface area contributed by atoms with Gasteiger partial charge in [-0.1, -0.05) is 29.8 Å². The number of allylic oxidation sites excluding steroid dienone is 2. The van der Waals surface area contributed by atoms with Crippen molar-refractivity contribution < 1.29 is 4.42 Å². The molecule has 0 unspecified atom stereocenters. The summed E-state index contributed by atoms with van der Waals surface area (Å²) in [6, 6.07) is 12.7. The standard InChI is InChI=1S/C26H25NO2/c1-16(17-6-7-17)18-8-10-19(11-9-18)23-15-21-14-20-4-2-12-27-13-3-5-22(24(20)27)25(21)29-26(23)28/h8-11,14-15H,2-7,12-13H2,1H3. The number of fused-ring (bicyclic) bond motifs is 2. The van der Waals surface area contributed by atoms with Gasteiger partial charge in [0.2, 0.25) is 0 Å². The quantitative estimate of drug-likeness (QED) is 0.530. The van der Waals surface area contributed by atoms with Crippen LogP contribution in [0.4, 0.5) is 5.69 Å². The van der Waals surface area contributed by atoms with Crippen molar-refractivity contribution in [3.63, 3.8) is 0 Å².